The summed E-state index contributed by atoms with van der Waals surface area (Å²) in [5.74, 6) is 0.566. The Bertz CT molecular complexity index is 1430. The lowest BCUT2D eigenvalue weighted by molar-refractivity contribution is 0.0254. The van der Waals surface area contributed by atoms with E-state index in [1.165, 1.54) is 17.7 Å². The van der Waals surface area contributed by atoms with E-state index in [1.54, 1.807) is 11.0 Å². The number of alkyl halides is 2. The molecule has 3 fully saturated rings. The number of aryl methyl sites for hydroxylation is 1. The second-order valence-electron chi connectivity index (χ2n) is 11.8. The fourth-order valence-electron chi connectivity index (χ4n) is 6.59. The van der Waals surface area contributed by atoms with Crippen molar-refractivity contribution in [1.82, 2.24) is 19.4 Å². The SMILES string of the molecule is Cc1cncc2c1c(CC1CN(CC3CCOCC3)C1)cn2-c1ccc(F)cc1C(=O)N1CCC(O)(I)C1(C)I. The summed E-state index contributed by atoms with van der Waals surface area (Å²) in [4.78, 5) is 22.6. The minimum absolute atomic E-state index is 0.285. The Morgan fingerprint density at radius 1 is 1.20 bits per heavy atom. The van der Waals surface area contributed by atoms with Crippen molar-refractivity contribution in [2.45, 2.75) is 46.7 Å². The van der Waals surface area contributed by atoms with E-state index in [2.05, 4.69) is 45.6 Å². The number of aliphatic hydroxyl groups is 1. The molecule has 2 unspecified atom stereocenters. The number of hydrogen-bond acceptors (Lipinski definition) is 5. The van der Waals surface area contributed by atoms with Gasteiger partial charge in [0.15, 0.2) is 0 Å². The molecule has 0 bridgehead atoms. The number of nitrogens with zero attached hydrogens (tertiary/aromatic N) is 4. The molecule has 7 nitrogen and oxygen atoms in total. The number of halogens is 3. The van der Waals surface area contributed by atoms with E-state index in [9.17, 15) is 14.3 Å². The molecule has 1 amide bonds. The van der Waals surface area contributed by atoms with Gasteiger partial charge >= 0.3 is 0 Å². The van der Waals surface area contributed by atoms with Crippen molar-refractivity contribution < 1.29 is 19.0 Å². The molecule has 214 valence electrons. The highest BCUT2D eigenvalue weighted by atomic mass is 127. The van der Waals surface area contributed by atoms with Crippen LogP contribution in [0.15, 0.2) is 36.8 Å². The van der Waals surface area contributed by atoms with Gasteiger partial charge in [0.2, 0.25) is 0 Å². The van der Waals surface area contributed by atoms with Crippen LogP contribution in [0.5, 0.6) is 0 Å². The van der Waals surface area contributed by atoms with Crippen LogP contribution in [-0.4, -0.2) is 76.9 Å². The lowest BCUT2D eigenvalue weighted by atomic mass is 9.89. The number of rotatable bonds is 6. The number of benzene rings is 1. The molecule has 0 radical (unpaired) electrons. The highest BCUT2D eigenvalue weighted by Gasteiger charge is 2.54. The van der Waals surface area contributed by atoms with Gasteiger partial charge in [-0.25, -0.2) is 4.39 Å². The van der Waals surface area contributed by atoms with Crippen LogP contribution in [0, 0.1) is 24.6 Å². The maximum Gasteiger partial charge on any atom is 0.257 e. The van der Waals surface area contributed by atoms with Gasteiger partial charge in [0.25, 0.3) is 5.91 Å². The third-order valence-corrected chi connectivity index (χ3v) is 13.0. The fraction of sp³-hybridized carbons (Fsp3) is 0.533. The van der Waals surface area contributed by atoms with Crippen LogP contribution in [-0.2, 0) is 11.2 Å². The molecule has 0 aliphatic carbocycles. The van der Waals surface area contributed by atoms with Gasteiger partial charge < -0.3 is 24.2 Å². The largest absolute Gasteiger partial charge is 0.381 e. The first-order valence-corrected chi connectivity index (χ1v) is 16.2. The van der Waals surface area contributed by atoms with Crippen LogP contribution in [0.3, 0.4) is 0 Å². The zero-order valence-corrected chi connectivity index (χ0v) is 27.2. The summed E-state index contributed by atoms with van der Waals surface area (Å²) in [7, 11) is 0. The molecular weight excluding hydrogens is 737 g/mol. The average Bonchev–Trinajstić information content (AvgIpc) is 3.37. The van der Waals surface area contributed by atoms with Crippen LogP contribution in [0.2, 0.25) is 0 Å². The Balaban J connectivity index is 1.30. The number of hydrogen-bond donors (Lipinski definition) is 1. The Morgan fingerprint density at radius 2 is 1.95 bits per heavy atom. The summed E-state index contributed by atoms with van der Waals surface area (Å²) in [5, 5.41) is 12.1. The van der Waals surface area contributed by atoms with Gasteiger partial charge in [0, 0.05) is 63.6 Å². The quantitative estimate of drug-likeness (QED) is 0.204. The van der Waals surface area contributed by atoms with E-state index >= 15 is 0 Å². The number of ether oxygens (including phenoxy) is 1. The molecule has 2 atom stereocenters. The van der Waals surface area contributed by atoms with Crippen LogP contribution < -0.4 is 0 Å². The minimum Gasteiger partial charge on any atom is -0.381 e. The van der Waals surface area contributed by atoms with Crippen molar-refractivity contribution in [2.24, 2.45) is 11.8 Å². The standard InChI is InChI=1S/C30H35FI2N4O3/c1-19-13-34-14-26-27(19)22(11-21-16-35(17-21)15-20-5-9-40-10-6-20)18-36(26)25-4-3-23(31)12-24(25)28(38)37-8-7-30(33,39)29(37,2)32/h3-4,12-14,18,20-21,39H,5-11,15-17H2,1-2H3. The lowest BCUT2D eigenvalue weighted by Crippen LogP contribution is -2.49. The van der Waals surface area contributed by atoms with Crippen molar-refractivity contribution in [3.05, 3.63) is 59.3 Å². The molecule has 3 saturated heterocycles. The van der Waals surface area contributed by atoms with Crippen molar-refractivity contribution in [3.63, 3.8) is 0 Å². The summed E-state index contributed by atoms with van der Waals surface area (Å²) in [6, 6.07) is 4.41. The predicted octanol–water partition coefficient (Wildman–Crippen LogP) is 5.49. The van der Waals surface area contributed by atoms with Gasteiger partial charge in [-0.3, -0.25) is 9.78 Å². The highest BCUT2D eigenvalue weighted by molar-refractivity contribution is 14.1. The van der Waals surface area contributed by atoms with Crippen LogP contribution in [0.25, 0.3) is 16.6 Å². The van der Waals surface area contributed by atoms with Gasteiger partial charge in [-0.15, -0.1) is 0 Å². The van der Waals surface area contributed by atoms with Crippen molar-refractivity contribution in [1.29, 1.82) is 0 Å². The molecular formula is C30H35FI2N4O3. The molecule has 3 aliphatic rings. The molecule has 0 saturated carbocycles. The maximum atomic E-state index is 14.6. The van der Waals surface area contributed by atoms with Gasteiger partial charge in [0.05, 0.1) is 23.0 Å². The summed E-state index contributed by atoms with van der Waals surface area (Å²) < 4.78 is 20.2. The number of pyridine rings is 1. The van der Waals surface area contributed by atoms with Gasteiger partial charge in [0.1, 0.15) is 13.0 Å². The molecule has 40 heavy (non-hydrogen) atoms. The Labute approximate surface area is 261 Å². The Hall–Kier alpha value is -1.35. The fourth-order valence-corrected chi connectivity index (χ4v) is 7.85. The van der Waals surface area contributed by atoms with Crippen LogP contribution in [0.4, 0.5) is 4.39 Å². The highest BCUT2D eigenvalue weighted by Crippen LogP contribution is 2.48. The van der Waals surface area contributed by atoms with Crippen molar-refractivity contribution in [3.8, 4) is 5.69 Å². The number of carbonyl (C=O) groups is 1. The number of likely N-dealkylation sites (tertiary alicyclic amines) is 2. The van der Waals surface area contributed by atoms with E-state index < -0.39 is 13.0 Å². The molecule has 6 rings (SSSR count). The van der Waals surface area contributed by atoms with Gasteiger partial charge in [-0.2, -0.15) is 0 Å². The van der Waals surface area contributed by atoms with Crippen LogP contribution >= 0.6 is 45.2 Å². The van der Waals surface area contributed by atoms with E-state index in [0.29, 0.717) is 24.6 Å². The van der Waals surface area contributed by atoms with Gasteiger partial charge in [-0.1, -0.05) is 22.6 Å². The number of amides is 1. The molecule has 3 aliphatic heterocycles. The molecule has 10 heteroatoms. The molecule has 5 heterocycles. The zero-order chi connectivity index (χ0) is 28.2. The normalized spacial score (nSPS) is 26.5. The zero-order valence-electron chi connectivity index (χ0n) is 22.9. The molecule has 2 aromatic heterocycles. The molecule has 1 aromatic carbocycles. The van der Waals surface area contributed by atoms with E-state index in [-0.39, 0.29) is 11.5 Å². The predicted molar refractivity (Wildman–Crippen MR) is 170 cm³/mol. The lowest BCUT2D eigenvalue weighted by Gasteiger charge is -2.42. The molecule has 0 spiro atoms. The smallest absolute Gasteiger partial charge is 0.257 e. The van der Waals surface area contributed by atoms with Crippen molar-refractivity contribution in [2.75, 3.05) is 39.4 Å². The average molecular weight is 772 g/mol. The first-order chi connectivity index (χ1) is 19.0. The van der Waals surface area contributed by atoms with E-state index in [4.69, 9.17) is 4.74 Å². The molecule has 3 aromatic rings. The molecule has 1 N–H and O–H groups in total. The number of fused-ring (bicyclic) bond motifs is 1. The number of aromatic nitrogens is 2. The van der Waals surface area contributed by atoms with Gasteiger partial charge in [-0.05, 0) is 96.9 Å². The minimum atomic E-state index is -1.07. The van der Waals surface area contributed by atoms with Crippen molar-refractivity contribution >= 4 is 62.0 Å². The van der Waals surface area contributed by atoms with E-state index in [0.717, 1.165) is 74.5 Å². The summed E-state index contributed by atoms with van der Waals surface area (Å²) in [5.41, 5.74) is 4.15. The second kappa shape index (κ2) is 11.1. The summed E-state index contributed by atoms with van der Waals surface area (Å²) in [6.07, 6.45) is 9.56. The third-order valence-electron chi connectivity index (χ3n) is 8.95. The summed E-state index contributed by atoms with van der Waals surface area (Å²) in [6.45, 7) is 9.44. The maximum absolute atomic E-state index is 14.6. The van der Waals surface area contributed by atoms with Crippen LogP contribution in [0.1, 0.15) is 47.7 Å². The third kappa shape index (κ3) is 5.20. The first kappa shape index (κ1) is 28.8. The number of carbonyl (C=O) groups excluding carboxylic acids is 1. The monoisotopic (exact) mass is 772 g/mol. The van der Waals surface area contributed by atoms with E-state index in [1.807, 2.05) is 46.5 Å². The second-order valence-corrected chi connectivity index (χ2v) is 15.7. The summed E-state index contributed by atoms with van der Waals surface area (Å²) >= 11 is 4.16. The Kier molecular flexibility index (Phi) is 7.94. The Morgan fingerprint density at radius 3 is 2.65 bits per heavy atom. The topological polar surface area (TPSA) is 70.8 Å². The first-order valence-electron chi connectivity index (χ1n) is 14.0.